The minimum absolute atomic E-state index is 0.0755. The van der Waals surface area contributed by atoms with Gasteiger partial charge >= 0.3 is 0 Å². The molecule has 0 bridgehead atoms. The number of nitrogens with one attached hydrogen (secondary N) is 1. The average molecular weight is 224 g/mol. The maximum atomic E-state index is 13.5. The van der Waals surface area contributed by atoms with Crippen LogP contribution in [-0.2, 0) is 0 Å². The first-order valence-electron chi connectivity index (χ1n) is 4.72. The molecule has 0 radical (unpaired) electrons. The maximum absolute atomic E-state index is 13.5. The second-order valence-corrected chi connectivity index (χ2v) is 3.31. The Balaban J connectivity index is 2.57. The summed E-state index contributed by atoms with van der Waals surface area (Å²) in [6.45, 7) is 1.67. The van der Waals surface area contributed by atoms with Crippen LogP contribution in [0.3, 0.4) is 0 Å². The molecular weight excluding hydrogens is 214 g/mol. The standard InChI is InChI=1S/C11H10F2N2O/c1-6-10(16-11(14-2)15-6)8-5-7(12)3-4-9(8)13/h3-5H,1-2H3,(H,14,15). The summed E-state index contributed by atoms with van der Waals surface area (Å²) in [7, 11) is 1.64. The van der Waals surface area contributed by atoms with E-state index >= 15 is 0 Å². The summed E-state index contributed by atoms with van der Waals surface area (Å²) in [5.74, 6) is -0.817. The van der Waals surface area contributed by atoms with E-state index in [-0.39, 0.29) is 17.3 Å². The Morgan fingerprint density at radius 3 is 2.69 bits per heavy atom. The fraction of sp³-hybridized carbons (Fsp3) is 0.182. The fourth-order valence-electron chi connectivity index (χ4n) is 1.42. The maximum Gasteiger partial charge on any atom is 0.295 e. The lowest BCUT2D eigenvalue weighted by Crippen LogP contribution is -1.86. The van der Waals surface area contributed by atoms with Gasteiger partial charge in [0.15, 0.2) is 5.76 Å². The zero-order chi connectivity index (χ0) is 11.7. The molecule has 0 saturated heterocycles. The molecule has 0 atom stereocenters. The van der Waals surface area contributed by atoms with Gasteiger partial charge in [-0.3, -0.25) is 0 Å². The van der Waals surface area contributed by atoms with Gasteiger partial charge in [-0.15, -0.1) is 0 Å². The van der Waals surface area contributed by atoms with Gasteiger partial charge in [0.1, 0.15) is 11.6 Å². The van der Waals surface area contributed by atoms with Crippen molar-refractivity contribution in [2.24, 2.45) is 0 Å². The van der Waals surface area contributed by atoms with Gasteiger partial charge in [0.2, 0.25) is 0 Å². The highest BCUT2D eigenvalue weighted by molar-refractivity contribution is 5.61. The van der Waals surface area contributed by atoms with Gasteiger partial charge in [-0.1, -0.05) is 0 Å². The molecule has 1 N–H and O–H groups in total. The Hall–Kier alpha value is -1.91. The highest BCUT2D eigenvalue weighted by atomic mass is 19.1. The average Bonchev–Trinajstić information content (AvgIpc) is 2.63. The second-order valence-electron chi connectivity index (χ2n) is 3.31. The van der Waals surface area contributed by atoms with Crippen molar-refractivity contribution in [3.05, 3.63) is 35.5 Å². The van der Waals surface area contributed by atoms with Crippen molar-refractivity contribution >= 4 is 6.01 Å². The number of nitrogens with zero attached hydrogens (tertiary/aromatic N) is 1. The molecule has 2 aromatic rings. The van der Waals surface area contributed by atoms with Crippen LogP contribution in [0.15, 0.2) is 22.6 Å². The van der Waals surface area contributed by atoms with E-state index in [9.17, 15) is 8.78 Å². The zero-order valence-corrected chi connectivity index (χ0v) is 8.84. The van der Waals surface area contributed by atoms with Crippen molar-refractivity contribution < 1.29 is 13.2 Å². The second kappa shape index (κ2) is 3.92. The van der Waals surface area contributed by atoms with Crippen LogP contribution in [-0.4, -0.2) is 12.0 Å². The Morgan fingerprint density at radius 2 is 2.06 bits per heavy atom. The summed E-state index contributed by atoms with van der Waals surface area (Å²) < 4.78 is 31.7. The molecule has 1 heterocycles. The Labute approximate surface area is 91.1 Å². The molecule has 0 saturated carbocycles. The molecular formula is C11H10F2N2O. The highest BCUT2D eigenvalue weighted by Gasteiger charge is 2.15. The third kappa shape index (κ3) is 1.76. The van der Waals surface area contributed by atoms with Crippen LogP contribution in [0.25, 0.3) is 11.3 Å². The fourth-order valence-corrected chi connectivity index (χ4v) is 1.42. The van der Waals surface area contributed by atoms with Crippen molar-refractivity contribution in [2.75, 3.05) is 12.4 Å². The van der Waals surface area contributed by atoms with Crippen molar-refractivity contribution in [3.8, 4) is 11.3 Å². The van der Waals surface area contributed by atoms with E-state index in [1.807, 2.05) is 0 Å². The molecule has 0 amide bonds. The number of halogens is 2. The van der Waals surface area contributed by atoms with E-state index in [1.54, 1.807) is 14.0 Å². The first kappa shape index (κ1) is 10.6. The molecule has 84 valence electrons. The van der Waals surface area contributed by atoms with Gasteiger partial charge < -0.3 is 9.73 Å². The van der Waals surface area contributed by atoms with Crippen LogP contribution in [0.2, 0.25) is 0 Å². The van der Waals surface area contributed by atoms with Gasteiger partial charge in [-0.2, -0.15) is 4.98 Å². The van der Waals surface area contributed by atoms with Crippen LogP contribution < -0.4 is 5.32 Å². The molecule has 5 heteroatoms. The number of oxazole rings is 1. The Morgan fingerprint density at radius 1 is 1.31 bits per heavy atom. The summed E-state index contributed by atoms with van der Waals surface area (Å²) in [5.41, 5.74) is 0.584. The molecule has 16 heavy (non-hydrogen) atoms. The van der Waals surface area contributed by atoms with Gasteiger partial charge in [-0.05, 0) is 25.1 Å². The monoisotopic (exact) mass is 224 g/mol. The molecule has 2 rings (SSSR count). The quantitative estimate of drug-likeness (QED) is 0.852. The highest BCUT2D eigenvalue weighted by Crippen LogP contribution is 2.29. The normalized spacial score (nSPS) is 10.5. The molecule has 0 aliphatic heterocycles. The molecule has 1 aromatic heterocycles. The van der Waals surface area contributed by atoms with Gasteiger partial charge in [-0.25, -0.2) is 8.78 Å². The Bertz CT molecular complexity index is 523. The smallest absolute Gasteiger partial charge is 0.295 e. The van der Waals surface area contributed by atoms with Crippen molar-refractivity contribution in [1.82, 2.24) is 4.98 Å². The van der Waals surface area contributed by atoms with E-state index in [0.29, 0.717) is 5.69 Å². The summed E-state index contributed by atoms with van der Waals surface area (Å²) in [4.78, 5) is 4.01. The van der Waals surface area contributed by atoms with Crippen molar-refractivity contribution in [2.45, 2.75) is 6.92 Å². The predicted octanol–water partition coefficient (Wildman–Crippen LogP) is 2.97. The Kier molecular flexibility index (Phi) is 2.60. The van der Waals surface area contributed by atoms with Gasteiger partial charge in [0.25, 0.3) is 6.01 Å². The summed E-state index contributed by atoms with van der Waals surface area (Å²) in [6, 6.07) is 3.48. The molecule has 0 unspecified atom stereocenters. The number of aromatic nitrogens is 1. The number of hydrogen-bond acceptors (Lipinski definition) is 3. The van der Waals surface area contributed by atoms with Crippen molar-refractivity contribution in [1.29, 1.82) is 0 Å². The van der Waals surface area contributed by atoms with E-state index in [2.05, 4.69) is 10.3 Å². The number of hydrogen-bond donors (Lipinski definition) is 1. The minimum Gasteiger partial charge on any atom is -0.423 e. The topological polar surface area (TPSA) is 38.1 Å². The number of aryl methyl sites for hydroxylation is 1. The SMILES string of the molecule is CNc1nc(C)c(-c2cc(F)ccc2F)o1. The van der Waals surface area contributed by atoms with Crippen LogP contribution >= 0.6 is 0 Å². The third-order valence-corrected chi connectivity index (χ3v) is 2.18. The van der Waals surface area contributed by atoms with Crippen molar-refractivity contribution in [3.63, 3.8) is 0 Å². The first-order valence-corrected chi connectivity index (χ1v) is 4.72. The molecule has 0 aliphatic carbocycles. The van der Waals surface area contributed by atoms with Crippen LogP contribution in [0.5, 0.6) is 0 Å². The number of rotatable bonds is 2. The third-order valence-electron chi connectivity index (χ3n) is 2.18. The van der Waals surface area contributed by atoms with Gasteiger partial charge in [0.05, 0.1) is 11.3 Å². The summed E-state index contributed by atoms with van der Waals surface area (Å²) in [6.07, 6.45) is 0. The summed E-state index contributed by atoms with van der Waals surface area (Å²) in [5, 5.41) is 2.70. The van der Waals surface area contributed by atoms with Crippen LogP contribution in [0, 0.1) is 18.6 Å². The zero-order valence-electron chi connectivity index (χ0n) is 8.84. The van der Waals surface area contributed by atoms with Crippen LogP contribution in [0.1, 0.15) is 5.69 Å². The van der Waals surface area contributed by atoms with Crippen LogP contribution in [0.4, 0.5) is 14.8 Å². The van der Waals surface area contributed by atoms with E-state index < -0.39 is 11.6 Å². The molecule has 0 aliphatic rings. The lowest BCUT2D eigenvalue weighted by atomic mass is 10.1. The molecule has 3 nitrogen and oxygen atoms in total. The van der Waals surface area contributed by atoms with E-state index in [4.69, 9.17) is 4.42 Å². The summed E-state index contributed by atoms with van der Waals surface area (Å²) >= 11 is 0. The predicted molar refractivity (Wildman–Crippen MR) is 56.1 cm³/mol. The minimum atomic E-state index is -0.539. The molecule has 1 aromatic carbocycles. The number of anilines is 1. The molecule has 0 spiro atoms. The number of benzene rings is 1. The van der Waals surface area contributed by atoms with Gasteiger partial charge in [0, 0.05) is 7.05 Å². The molecule has 0 fully saturated rings. The van der Waals surface area contributed by atoms with E-state index in [1.165, 1.54) is 0 Å². The lowest BCUT2D eigenvalue weighted by Gasteiger charge is -2.00. The lowest BCUT2D eigenvalue weighted by molar-refractivity contribution is 0.568. The largest absolute Gasteiger partial charge is 0.423 e. The first-order chi connectivity index (χ1) is 7.61. The van der Waals surface area contributed by atoms with E-state index in [0.717, 1.165) is 18.2 Å².